The summed E-state index contributed by atoms with van der Waals surface area (Å²) in [6.07, 6.45) is 16.5. The van der Waals surface area contributed by atoms with Crippen molar-refractivity contribution in [2.45, 2.75) is 46.0 Å². The number of aromatic nitrogens is 4. The average molecular weight is 383 g/mol. The van der Waals surface area contributed by atoms with Crippen LogP contribution < -0.4 is 0 Å². The van der Waals surface area contributed by atoms with Crippen LogP contribution in [0.4, 0.5) is 0 Å². The van der Waals surface area contributed by atoms with Gasteiger partial charge in [-0.3, -0.25) is 4.98 Å². The topological polar surface area (TPSA) is 43.1 Å². The minimum atomic E-state index is 0.842. The van der Waals surface area contributed by atoms with Crippen molar-refractivity contribution >= 4 is 22.6 Å². The van der Waals surface area contributed by atoms with Crippen LogP contribution in [-0.4, -0.2) is 19.6 Å². The number of aryl methyl sites for hydroxylation is 1. The standard InChI is InChI=1S/C25H26N4/c1-17-4-3-5-19(8-6-17)13-20-14-27-25-23(15-28-29(25)16-20)21-10-11-26-24-9-7-18(2)12-22(21)24/h7,9-17H,3-6,8H2,1-2H3. The van der Waals surface area contributed by atoms with Crippen molar-refractivity contribution in [2.75, 3.05) is 0 Å². The molecule has 0 aliphatic heterocycles. The molecular formula is C25H26N4. The maximum absolute atomic E-state index is 4.79. The van der Waals surface area contributed by atoms with E-state index in [1.54, 1.807) is 5.57 Å². The lowest BCUT2D eigenvalue weighted by Gasteiger charge is -2.06. The summed E-state index contributed by atoms with van der Waals surface area (Å²) >= 11 is 0. The Balaban J connectivity index is 1.55. The minimum absolute atomic E-state index is 0.842. The van der Waals surface area contributed by atoms with Crippen molar-refractivity contribution in [3.8, 4) is 11.1 Å². The fourth-order valence-electron chi connectivity index (χ4n) is 4.41. The molecule has 0 saturated heterocycles. The first-order chi connectivity index (χ1) is 14.2. The Hall–Kier alpha value is -3.01. The molecule has 1 fully saturated rings. The van der Waals surface area contributed by atoms with Gasteiger partial charge >= 0.3 is 0 Å². The van der Waals surface area contributed by atoms with Crippen molar-refractivity contribution < 1.29 is 0 Å². The number of nitrogens with zero attached hydrogens (tertiary/aromatic N) is 4. The highest BCUT2D eigenvalue weighted by Crippen LogP contribution is 2.31. The van der Waals surface area contributed by atoms with Gasteiger partial charge in [0.15, 0.2) is 5.65 Å². The second kappa shape index (κ2) is 7.43. The number of fused-ring (bicyclic) bond motifs is 2. The van der Waals surface area contributed by atoms with Crippen molar-refractivity contribution in [1.82, 2.24) is 19.6 Å². The predicted molar refractivity (Wildman–Crippen MR) is 119 cm³/mol. The number of benzene rings is 1. The normalized spacial score (nSPS) is 19.1. The van der Waals surface area contributed by atoms with E-state index in [0.29, 0.717) is 0 Å². The van der Waals surface area contributed by atoms with Crippen LogP contribution in [0.2, 0.25) is 0 Å². The second-order valence-corrected chi connectivity index (χ2v) is 8.43. The van der Waals surface area contributed by atoms with Gasteiger partial charge in [0.05, 0.1) is 11.7 Å². The molecule has 5 rings (SSSR count). The highest BCUT2D eigenvalue weighted by atomic mass is 15.2. The first-order valence-corrected chi connectivity index (χ1v) is 10.6. The Labute approximate surface area is 171 Å². The molecule has 1 saturated carbocycles. The summed E-state index contributed by atoms with van der Waals surface area (Å²) in [5.41, 5.74) is 7.95. The van der Waals surface area contributed by atoms with Gasteiger partial charge in [-0.2, -0.15) is 5.10 Å². The molecule has 4 nitrogen and oxygen atoms in total. The van der Waals surface area contributed by atoms with E-state index < -0.39 is 0 Å². The Bertz CT molecular complexity index is 1220. The third-order valence-corrected chi connectivity index (χ3v) is 6.09. The molecule has 0 radical (unpaired) electrons. The molecule has 29 heavy (non-hydrogen) atoms. The lowest BCUT2D eigenvalue weighted by atomic mass is 10.0. The van der Waals surface area contributed by atoms with Gasteiger partial charge in [-0.05, 0) is 62.3 Å². The number of pyridine rings is 1. The molecule has 1 unspecified atom stereocenters. The predicted octanol–water partition coefficient (Wildman–Crippen LogP) is 6.24. The molecule has 0 spiro atoms. The van der Waals surface area contributed by atoms with Crippen LogP contribution in [0, 0.1) is 12.8 Å². The summed E-state index contributed by atoms with van der Waals surface area (Å²) in [6, 6.07) is 8.42. The number of hydrogen-bond acceptors (Lipinski definition) is 3. The van der Waals surface area contributed by atoms with Crippen LogP contribution in [0.5, 0.6) is 0 Å². The molecule has 1 atom stereocenters. The Morgan fingerprint density at radius 1 is 1.03 bits per heavy atom. The van der Waals surface area contributed by atoms with E-state index in [0.717, 1.165) is 39.2 Å². The summed E-state index contributed by atoms with van der Waals surface area (Å²) < 4.78 is 1.91. The van der Waals surface area contributed by atoms with Gasteiger partial charge in [0.1, 0.15) is 0 Å². The summed E-state index contributed by atoms with van der Waals surface area (Å²) in [5.74, 6) is 0.842. The quantitative estimate of drug-likeness (QED) is 0.386. The van der Waals surface area contributed by atoms with Gasteiger partial charge in [0.2, 0.25) is 0 Å². The van der Waals surface area contributed by atoms with E-state index in [9.17, 15) is 0 Å². The zero-order chi connectivity index (χ0) is 19.8. The maximum atomic E-state index is 4.79. The molecule has 1 aromatic carbocycles. The van der Waals surface area contributed by atoms with Crippen molar-refractivity contribution in [3.63, 3.8) is 0 Å². The summed E-state index contributed by atoms with van der Waals surface area (Å²) in [6.45, 7) is 4.48. The zero-order valence-electron chi connectivity index (χ0n) is 17.1. The first kappa shape index (κ1) is 18.0. The number of rotatable bonds is 2. The smallest absolute Gasteiger partial charge is 0.162 e. The van der Waals surface area contributed by atoms with E-state index in [4.69, 9.17) is 4.98 Å². The highest BCUT2D eigenvalue weighted by molar-refractivity contribution is 5.97. The third-order valence-electron chi connectivity index (χ3n) is 6.09. The fourth-order valence-corrected chi connectivity index (χ4v) is 4.41. The van der Waals surface area contributed by atoms with E-state index >= 15 is 0 Å². The molecule has 3 heterocycles. The van der Waals surface area contributed by atoms with Crippen LogP contribution >= 0.6 is 0 Å². The maximum Gasteiger partial charge on any atom is 0.162 e. The van der Waals surface area contributed by atoms with E-state index in [1.165, 1.54) is 37.7 Å². The monoisotopic (exact) mass is 382 g/mol. The Morgan fingerprint density at radius 3 is 2.90 bits per heavy atom. The van der Waals surface area contributed by atoms with Gasteiger partial charge < -0.3 is 0 Å². The molecule has 4 aromatic rings. The highest BCUT2D eigenvalue weighted by Gasteiger charge is 2.13. The van der Waals surface area contributed by atoms with Crippen LogP contribution in [0.1, 0.15) is 50.2 Å². The number of allylic oxidation sites excluding steroid dienone is 1. The van der Waals surface area contributed by atoms with Gasteiger partial charge in [0, 0.05) is 35.1 Å². The van der Waals surface area contributed by atoms with Crippen LogP contribution in [-0.2, 0) is 0 Å². The molecule has 0 bridgehead atoms. The lowest BCUT2D eigenvalue weighted by Crippen LogP contribution is -1.93. The largest absolute Gasteiger partial charge is 0.256 e. The first-order valence-electron chi connectivity index (χ1n) is 10.6. The molecule has 4 heteroatoms. The third kappa shape index (κ3) is 3.55. The van der Waals surface area contributed by atoms with Gasteiger partial charge in [-0.15, -0.1) is 0 Å². The number of hydrogen-bond donors (Lipinski definition) is 0. The molecule has 1 aliphatic rings. The Morgan fingerprint density at radius 2 is 1.97 bits per heavy atom. The molecule has 0 N–H and O–H groups in total. The molecule has 146 valence electrons. The van der Waals surface area contributed by atoms with Gasteiger partial charge in [0.25, 0.3) is 0 Å². The van der Waals surface area contributed by atoms with E-state index in [1.807, 2.05) is 23.1 Å². The molecule has 1 aliphatic carbocycles. The summed E-state index contributed by atoms with van der Waals surface area (Å²) in [4.78, 5) is 9.30. The summed E-state index contributed by atoms with van der Waals surface area (Å²) in [7, 11) is 0. The molecule has 3 aromatic heterocycles. The van der Waals surface area contributed by atoms with Gasteiger partial charge in [-0.1, -0.05) is 36.6 Å². The van der Waals surface area contributed by atoms with Crippen molar-refractivity contribution in [3.05, 3.63) is 65.8 Å². The van der Waals surface area contributed by atoms with E-state index in [-0.39, 0.29) is 0 Å². The average Bonchev–Trinajstić information content (AvgIpc) is 3.03. The molecule has 0 amide bonds. The van der Waals surface area contributed by atoms with Crippen molar-refractivity contribution in [1.29, 1.82) is 0 Å². The van der Waals surface area contributed by atoms with Crippen LogP contribution in [0.3, 0.4) is 0 Å². The minimum Gasteiger partial charge on any atom is -0.256 e. The van der Waals surface area contributed by atoms with E-state index in [2.05, 4.69) is 60.5 Å². The zero-order valence-corrected chi connectivity index (χ0v) is 17.1. The Kier molecular flexibility index (Phi) is 4.62. The lowest BCUT2D eigenvalue weighted by molar-refractivity contribution is 0.507. The summed E-state index contributed by atoms with van der Waals surface area (Å²) in [5, 5.41) is 5.75. The molecular weight excluding hydrogens is 356 g/mol. The van der Waals surface area contributed by atoms with Gasteiger partial charge in [-0.25, -0.2) is 9.50 Å². The van der Waals surface area contributed by atoms with Crippen LogP contribution in [0.25, 0.3) is 33.8 Å². The van der Waals surface area contributed by atoms with Crippen LogP contribution in [0.15, 0.2) is 54.6 Å². The fraction of sp³-hybridized carbons (Fsp3) is 0.320. The second-order valence-electron chi connectivity index (χ2n) is 8.43. The SMILES string of the molecule is Cc1ccc2nccc(-c3cnn4cc(C=C5CCCC(C)CC5)cnc34)c2c1. The van der Waals surface area contributed by atoms with Crippen molar-refractivity contribution in [2.24, 2.45) is 5.92 Å².